The van der Waals surface area contributed by atoms with Crippen molar-refractivity contribution in [1.82, 2.24) is 14.5 Å². The van der Waals surface area contributed by atoms with Crippen LogP contribution in [0, 0.1) is 5.41 Å². The van der Waals surface area contributed by atoms with Gasteiger partial charge in [-0.3, -0.25) is 13.9 Å². The van der Waals surface area contributed by atoms with Crippen LogP contribution in [0.2, 0.25) is 0 Å². The maximum atomic E-state index is 13.4. The van der Waals surface area contributed by atoms with Crippen LogP contribution in [0.5, 0.6) is 0 Å². The van der Waals surface area contributed by atoms with Crippen molar-refractivity contribution in [3.05, 3.63) is 12.7 Å². The average Bonchev–Trinajstić information content (AvgIpc) is 2.86. The molecule has 11 heteroatoms. The summed E-state index contributed by atoms with van der Waals surface area (Å²) < 4.78 is 5.29. The summed E-state index contributed by atoms with van der Waals surface area (Å²) in [5.74, 6) is -1.33. The van der Waals surface area contributed by atoms with E-state index in [-0.39, 0.29) is 5.37 Å². The highest BCUT2D eigenvalue weighted by Crippen LogP contribution is 2.46. The third kappa shape index (κ3) is 6.17. The summed E-state index contributed by atoms with van der Waals surface area (Å²) in [5.41, 5.74) is -1.27. The van der Waals surface area contributed by atoms with Crippen molar-refractivity contribution in [1.29, 1.82) is 0 Å². The standard InChI is InChI=1S/C22H35N3O6S2/c1-9-22(7,33-24(8)19(30)31-20(2,3)4)18(29)23-13-10-11-32-14-12-21(5,6)15(17(27)28)25(14)16(13)26/h9,13-15H,1,10-12H2,2-8H3,(H,23,29)(H,27,28)/t13-,14?,15+,22+/m0/s1. The van der Waals surface area contributed by atoms with E-state index in [9.17, 15) is 24.3 Å². The number of hydrogen-bond donors (Lipinski definition) is 2. The van der Waals surface area contributed by atoms with Crippen molar-refractivity contribution in [2.75, 3.05) is 12.8 Å². The lowest BCUT2D eigenvalue weighted by Gasteiger charge is -2.34. The minimum atomic E-state index is -1.26. The lowest BCUT2D eigenvalue weighted by molar-refractivity contribution is -0.152. The van der Waals surface area contributed by atoms with E-state index in [4.69, 9.17) is 4.74 Å². The van der Waals surface area contributed by atoms with Gasteiger partial charge in [-0.1, -0.05) is 19.9 Å². The van der Waals surface area contributed by atoms with Crippen LogP contribution >= 0.6 is 23.7 Å². The molecule has 0 radical (unpaired) electrons. The molecule has 4 atom stereocenters. The van der Waals surface area contributed by atoms with E-state index in [2.05, 4.69) is 11.9 Å². The highest BCUT2D eigenvalue weighted by Gasteiger charge is 2.54. The first-order valence-corrected chi connectivity index (χ1v) is 12.6. The zero-order valence-corrected chi connectivity index (χ0v) is 22.0. The molecule has 0 saturated carbocycles. The summed E-state index contributed by atoms with van der Waals surface area (Å²) in [7, 11) is 1.50. The average molecular weight is 502 g/mol. The number of nitrogens with one attached hydrogen (secondary N) is 1. The minimum absolute atomic E-state index is 0.242. The maximum Gasteiger partial charge on any atom is 0.420 e. The van der Waals surface area contributed by atoms with Crippen LogP contribution < -0.4 is 5.32 Å². The van der Waals surface area contributed by atoms with Crippen molar-refractivity contribution in [2.24, 2.45) is 5.41 Å². The SMILES string of the molecule is C=C[C@@](C)(SN(C)C(=O)OC(C)(C)C)C(=O)N[C@H]1CCSC2CC(C)(C)[C@@H](C(=O)O)N2C1=O. The first-order valence-electron chi connectivity index (χ1n) is 10.8. The van der Waals surface area contributed by atoms with Crippen LogP contribution in [0.15, 0.2) is 12.7 Å². The number of carbonyl (C=O) groups excluding carboxylic acids is 3. The van der Waals surface area contributed by atoms with Gasteiger partial charge in [0.25, 0.3) is 0 Å². The Labute approximate surface area is 204 Å². The zero-order chi connectivity index (χ0) is 25.4. The molecule has 0 aromatic carbocycles. The molecule has 0 bridgehead atoms. The van der Waals surface area contributed by atoms with E-state index < -0.39 is 51.7 Å². The topological polar surface area (TPSA) is 116 Å². The molecular formula is C22H35N3O6S2. The van der Waals surface area contributed by atoms with E-state index in [1.54, 1.807) is 39.5 Å². The molecule has 2 fully saturated rings. The molecule has 2 rings (SSSR count). The Balaban J connectivity index is 2.18. The lowest BCUT2D eigenvalue weighted by atomic mass is 9.84. The summed E-state index contributed by atoms with van der Waals surface area (Å²) in [4.78, 5) is 52.4. The van der Waals surface area contributed by atoms with Gasteiger partial charge in [-0.05, 0) is 63.7 Å². The molecule has 2 aliphatic rings. The van der Waals surface area contributed by atoms with Crippen molar-refractivity contribution in [3.63, 3.8) is 0 Å². The number of aliphatic carboxylic acids is 1. The van der Waals surface area contributed by atoms with Gasteiger partial charge in [0, 0.05) is 7.05 Å². The van der Waals surface area contributed by atoms with Crippen molar-refractivity contribution in [3.8, 4) is 0 Å². The van der Waals surface area contributed by atoms with Crippen molar-refractivity contribution >= 4 is 47.6 Å². The second kappa shape index (κ2) is 9.77. The molecule has 9 nitrogen and oxygen atoms in total. The van der Waals surface area contributed by atoms with Crippen LogP contribution in [0.3, 0.4) is 0 Å². The van der Waals surface area contributed by atoms with Gasteiger partial charge < -0.3 is 20.1 Å². The fourth-order valence-corrected chi connectivity index (χ4v) is 6.42. The summed E-state index contributed by atoms with van der Waals surface area (Å²) in [6.07, 6.45) is 1.75. The van der Waals surface area contributed by atoms with Crippen LogP contribution in [0.4, 0.5) is 4.79 Å². The molecule has 186 valence electrons. The Morgan fingerprint density at radius 2 is 1.94 bits per heavy atom. The third-order valence-electron chi connectivity index (χ3n) is 5.66. The number of ether oxygens (including phenoxy) is 1. The van der Waals surface area contributed by atoms with Crippen LogP contribution in [0.1, 0.15) is 54.4 Å². The van der Waals surface area contributed by atoms with E-state index in [0.717, 1.165) is 11.9 Å². The molecule has 3 amide bonds. The van der Waals surface area contributed by atoms with E-state index >= 15 is 0 Å². The van der Waals surface area contributed by atoms with E-state index in [1.807, 2.05) is 13.8 Å². The van der Waals surface area contributed by atoms with Crippen LogP contribution in [-0.4, -0.2) is 78.8 Å². The van der Waals surface area contributed by atoms with E-state index in [0.29, 0.717) is 18.6 Å². The molecule has 0 aromatic heterocycles. The number of hydrogen-bond acceptors (Lipinski definition) is 7. The van der Waals surface area contributed by atoms with Gasteiger partial charge >= 0.3 is 12.1 Å². The van der Waals surface area contributed by atoms with Crippen molar-refractivity contribution < 1.29 is 29.0 Å². The molecular weight excluding hydrogens is 466 g/mol. The number of nitrogens with zero attached hydrogens (tertiary/aromatic N) is 2. The molecule has 33 heavy (non-hydrogen) atoms. The van der Waals surface area contributed by atoms with Gasteiger partial charge in [0.2, 0.25) is 11.8 Å². The number of thioether (sulfide) groups is 1. The highest BCUT2D eigenvalue weighted by atomic mass is 32.2. The van der Waals surface area contributed by atoms with Gasteiger partial charge in [0.1, 0.15) is 22.4 Å². The maximum absolute atomic E-state index is 13.4. The number of amides is 3. The summed E-state index contributed by atoms with van der Waals surface area (Å²) in [6.45, 7) is 14.3. The first-order chi connectivity index (χ1) is 15.0. The third-order valence-corrected chi connectivity index (χ3v) is 8.06. The smallest absolute Gasteiger partial charge is 0.420 e. The number of carbonyl (C=O) groups is 4. The molecule has 0 aliphatic carbocycles. The van der Waals surface area contributed by atoms with Gasteiger partial charge in [-0.15, -0.1) is 18.3 Å². The molecule has 2 N–H and O–H groups in total. The Kier molecular flexibility index (Phi) is 8.10. The predicted octanol–water partition coefficient (Wildman–Crippen LogP) is 3.11. The number of carboxylic acids is 1. The normalized spacial score (nSPS) is 26.5. The predicted molar refractivity (Wildman–Crippen MR) is 130 cm³/mol. The molecule has 0 spiro atoms. The van der Waals surface area contributed by atoms with Gasteiger partial charge in [0.15, 0.2) is 0 Å². The summed E-state index contributed by atoms with van der Waals surface area (Å²) in [5, 5.41) is 12.4. The fraction of sp³-hybridized carbons (Fsp3) is 0.727. The molecule has 1 unspecified atom stereocenters. The Bertz CT molecular complexity index is 827. The lowest BCUT2D eigenvalue weighted by Crippen LogP contribution is -2.56. The molecule has 2 aliphatic heterocycles. The first kappa shape index (κ1) is 27.4. The Morgan fingerprint density at radius 3 is 2.45 bits per heavy atom. The second-order valence-corrected chi connectivity index (χ2v) is 13.1. The molecule has 0 aromatic rings. The van der Waals surface area contributed by atoms with Gasteiger partial charge in [-0.25, -0.2) is 9.59 Å². The number of rotatable bonds is 6. The Hall–Kier alpha value is -1.88. The second-order valence-electron chi connectivity index (χ2n) is 10.2. The minimum Gasteiger partial charge on any atom is -0.480 e. The zero-order valence-electron chi connectivity index (χ0n) is 20.3. The van der Waals surface area contributed by atoms with Crippen LogP contribution in [-0.2, 0) is 19.1 Å². The van der Waals surface area contributed by atoms with Crippen molar-refractivity contribution in [2.45, 2.75) is 82.2 Å². The summed E-state index contributed by atoms with van der Waals surface area (Å²) >= 11 is 2.47. The van der Waals surface area contributed by atoms with Gasteiger partial charge in [-0.2, -0.15) is 0 Å². The quantitative estimate of drug-likeness (QED) is 0.421. The van der Waals surface area contributed by atoms with Gasteiger partial charge in [0.05, 0.1) is 5.37 Å². The fourth-order valence-electron chi connectivity index (χ4n) is 3.94. The van der Waals surface area contributed by atoms with E-state index in [1.165, 1.54) is 22.3 Å². The van der Waals surface area contributed by atoms with Crippen LogP contribution in [0.25, 0.3) is 0 Å². The Morgan fingerprint density at radius 1 is 1.33 bits per heavy atom. The molecule has 2 heterocycles. The number of carboxylic acid groups (broad SMARTS) is 1. The monoisotopic (exact) mass is 501 g/mol. The molecule has 2 saturated heterocycles. The highest BCUT2D eigenvalue weighted by molar-refractivity contribution is 8.00. The largest absolute Gasteiger partial charge is 0.480 e. The number of fused-ring (bicyclic) bond motifs is 1. The summed E-state index contributed by atoms with van der Waals surface area (Å²) in [6, 6.07) is -1.82.